The SMILES string of the molecule is O=[N+]([O-])c1ccc(F)cc1NS(=O)(=O)c1cnc(Cl)s1. The van der Waals surface area contributed by atoms with Gasteiger partial charge in [-0.15, -0.1) is 0 Å². The summed E-state index contributed by atoms with van der Waals surface area (Å²) in [5.74, 6) is -0.810. The summed E-state index contributed by atoms with van der Waals surface area (Å²) >= 11 is 6.20. The highest BCUT2D eigenvalue weighted by Gasteiger charge is 2.23. The molecule has 7 nitrogen and oxygen atoms in total. The summed E-state index contributed by atoms with van der Waals surface area (Å²) in [6.07, 6.45) is 1.00. The fourth-order valence-electron chi connectivity index (χ4n) is 1.31. The van der Waals surface area contributed by atoms with Gasteiger partial charge in [0.2, 0.25) is 0 Å². The smallest absolute Gasteiger partial charge is 0.272 e. The summed E-state index contributed by atoms with van der Waals surface area (Å²) in [6, 6.07) is 2.45. The zero-order valence-electron chi connectivity index (χ0n) is 9.41. The first-order valence-corrected chi connectivity index (χ1v) is 7.55. The molecule has 0 aliphatic rings. The number of anilines is 1. The van der Waals surface area contributed by atoms with E-state index < -0.39 is 32.1 Å². The van der Waals surface area contributed by atoms with Crippen molar-refractivity contribution in [2.75, 3.05) is 4.72 Å². The Kier molecular flexibility index (Phi) is 3.88. The minimum absolute atomic E-state index is 0.000818. The van der Waals surface area contributed by atoms with Gasteiger partial charge in [0, 0.05) is 12.1 Å². The van der Waals surface area contributed by atoms with E-state index in [1.54, 1.807) is 0 Å². The van der Waals surface area contributed by atoms with Crippen LogP contribution in [0.25, 0.3) is 0 Å². The molecular weight excluding hydrogens is 333 g/mol. The molecule has 0 aliphatic heterocycles. The molecule has 0 fully saturated rings. The third kappa shape index (κ3) is 3.03. The van der Waals surface area contributed by atoms with Crippen molar-refractivity contribution in [3.8, 4) is 0 Å². The molecule has 2 rings (SSSR count). The van der Waals surface area contributed by atoms with Crippen molar-refractivity contribution in [1.82, 2.24) is 4.98 Å². The van der Waals surface area contributed by atoms with E-state index in [-0.39, 0.29) is 8.68 Å². The van der Waals surface area contributed by atoms with Gasteiger partial charge in [0.1, 0.15) is 11.5 Å². The van der Waals surface area contributed by atoms with Gasteiger partial charge < -0.3 is 0 Å². The molecule has 1 heterocycles. The molecule has 20 heavy (non-hydrogen) atoms. The number of nitro groups is 1. The van der Waals surface area contributed by atoms with Crippen LogP contribution in [0.2, 0.25) is 4.47 Å². The van der Waals surface area contributed by atoms with Crippen molar-refractivity contribution < 1.29 is 17.7 Å². The number of hydrogen-bond acceptors (Lipinski definition) is 6. The third-order valence-corrected chi connectivity index (χ3v) is 5.06. The Hall–Kier alpha value is -1.78. The molecule has 0 spiro atoms. The Morgan fingerprint density at radius 2 is 2.15 bits per heavy atom. The fraction of sp³-hybridized carbons (Fsp3) is 0. The van der Waals surface area contributed by atoms with Gasteiger partial charge >= 0.3 is 0 Å². The van der Waals surface area contributed by atoms with Gasteiger partial charge in [-0.2, -0.15) is 0 Å². The molecule has 106 valence electrons. The molecular formula is C9H5ClFN3O4S2. The van der Waals surface area contributed by atoms with E-state index >= 15 is 0 Å². The van der Waals surface area contributed by atoms with Crippen molar-refractivity contribution in [1.29, 1.82) is 0 Å². The molecule has 0 saturated carbocycles. The Morgan fingerprint density at radius 1 is 1.45 bits per heavy atom. The van der Waals surface area contributed by atoms with E-state index in [0.29, 0.717) is 11.3 Å². The molecule has 2 aromatic rings. The molecule has 1 aromatic carbocycles. The molecule has 0 radical (unpaired) electrons. The van der Waals surface area contributed by atoms with Gasteiger partial charge in [-0.3, -0.25) is 14.8 Å². The normalized spacial score (nSPS) is 11.3. The minimum Gasteiger partial charge on any atom is -0.272 e. The van der Waals surface area contributed by atoms with Gasteiger partial charge in [0.05, 0.1) is 11.1 Å². The third-order valence-electron chi connectivity index (χ3n) is 2.12. The number of nitrogens with zero attached hydrogens (tertiary/aromatic N) is 2. The van der Waals surface area contributed by atoms with Crippen LogP contribution in [-0.2, 0) is 10.0 Å². The van der Waals surface area contributed by atoms with Gasteiger partial charge in [-0.25, -0.2) is 17.8 Å². The van der Waals surface area contributed by atoms with Crippen LogP contribution in [-0.4, -0.2) is 18.3 Å². The molecule has 0 aliphatic carbocycles. The van der Waals surface area contributed by atoms with Crippen molar-refractivity contribution in [3.63, 3.8) is 0 Å². The van der Waals surface area contributed by atoms with Crippen molar-refractivity contribution >= 4 is 44.3 Å². The van der Waals surface area contributed by atoms with E-state index in [1.807, 2.05) is 4.72 Å². The Labute approximate surface area is 121 Å². The number of nitrogens with one attached hydrogen (secondary N) is 1. The number of hydrogen-bond donors (Lipinski definition) is 1. The van der Waals surface area contributed by atoms with Crippen molar-refractivity contribution in [3.05, 3.63) is 44.8 Å². The first kappa shape index (κ1) is 14.6. The van der Waals surface area contributed by atoms with E-state index in [1.165, 1.54) is 0 Å². The fourth-order valence-corrected chi connectivity index (χ4v) is 3.67. The molecule has 1 aromatic heterocycles. The zero-order chi connectivity index (χ0) is 14.9. The maximum absolute atomic E-state index is 13.1. The second kappa shape index (κ2) is 5.31. The van der Waals surface area contributed by atoms with Gasteiger partial charge in [0.15, 0.2) is 8.68 Å². The maximum Gasteiger partial charge on any atom is 0.293 e. The van der Waals surface area contributed by atoms with E-state index in [2.05, 4.69) is 4.98 Å². The maximum atomic E-state index is 13.1. The lowest BCUT2D eigenvalue weighted by Crippen LogP contribution is -2.13. The standard InChI is InChI=1S/C9H5ClFN3O4S2/c10-9-12-4-8(19-9)20(17,18)13-6-3-5(11)1-2-7(6)14(15)16/h1-4,13H. The number of nitro benzene ring substituents is 1. The number of sulfonamides is 1. The van der Waals surface area contributed by atoms with E-state index in [4.69, 9.17) is 11.6 Å². The zero-order valence-corrected chi connectivity index (χ0v) is 11.8. The largest absolute Gasteiger partial charge is 0.293 e. The van der Waals surface area contributed by atoms with Crippen molar-refractivity contribution in [2.45, 2.75) is 4.21 Å². The summed E-state index contributed by atoms with van der Waals surface area (Å²) in [5, 5.41) is 10.8. The highest BCUT2D eigenvalue weighted by atomic mass is 35.5. The van der Waals surface area contributed by atoms with Gasteiger partial charge in [-0.05, 0) is 6.07 Å². The second-order valence-corrected chi connectivity index (χ2v) is 6.98. The number of thiazole rings is 1. The Bertz CT molecular complexity index is 777. The summed E-state index contributed by atoms with van der Waals surface area (Å²) < 4.78 is 38.7. The molecule has 0 amide bonds. The minimum atomic E-state index is -4.11. The van der Waals surface area contributed by atoms with Crippen LogP contribution in [0.1, 0.15) is 0 Å². The van der Waals surface area contributed by atoms with Crippen LogP contribution >= 0.6 is 22.9 Å². The van der Waals surface area contributed by atoms with Crippen LogP contribution < -0.4 is 4.72 Å². The first-order chi connectivity index (χ1) is 9.29. The summed E-state index contributed by atoms with van der Waals surface area (Å²) in [6.45, 7) is 0. The predicted octanol–water partition coefficient (Wildman–Crippen LogP) is 2.64. The van der Waals surface area contributed by atoms with Crippen LogP contribution in [0.15, 0.2) is 28.6 Å². The highest BCUT2D eigenvalue weighted by Crippen LogP contribution is 2.29. The summed E-state index contributed by atoms with van der Waals surface area (Å²) in [5.41, 5.74) is -1.04. The molecule has 0 unspecified atom stereocenters. The lowest BCUT2D eigenvalue weighted by Gasteiger charge is -2.06. The molecule has 0 saturated heterocycles. The second-order valence-electron chi connectivity index (χ2n) is 3.46. The lowest BCUT2D eigenvalue weighted by molar-refractivity contribution is -0.383. The van der Waals surface area contributed by atoms with Crippen LogP contribution in [0.5, 0.6) is 0 Å². The Balaban J connectivity index is 2.44. The number of benzene rings is 1. The monoisotopic (exact) mass is 337 g/mol. The number of aromatic nitrogens is 1. The quantitative estimate of drug-likeness (QED) is 0.682. The predicted molar refractivity (Wildman–Crippen MR) is 71.0 cm³/mol. The van der Waals surface area contributed by atoms with E-state index in [9.17, 15) is 22.9 Å². The highest BCUT2D eigenvalue weighted by molar-refractivity contribution is 7.94. The van der Waals surface area contributed by atoms with Crippen LogP contribution in [0.4, 0.5) is 15.8 Å². The summed E-state index contributed by atoms with van der Waals surface area (Å²) in [4.78, 5) is 13.5. The summed E-state index contributed by atoms with van der Waals surface area (Å²) in [7, 11) is -4.11. The van der Waals surface area contributed by atoms with Crippen LogP contribution in [0.3, 0.4) is 0 Å². The molecule has 0 atom stereocenters. The van der Waals surface area contributed by atoms with Gasteiger partial charge in [0.25, 0.3) is 15.7 Å². The number of halogens is 2. The molecule has 1 N–H and O–H groups in total. The topological polar surface area (TPSA) is 102 Å². The average molecular weight is 338 g/mol. The van der Waals surface area contributed by atoms with Crippen molar-refractivity contribution in [2.24, 2.45) is 0 Å². The van der Waals surface area contributed by atoms with Gasteiger partial charge in [-0.1, -0.05) is 22.9 Å². The van der Waals surface area contributed by atoms with E-state index in [0.717, 1.165) is 24.4 Å². The Morgan fingerprint density at radius 3 is 2.70 bits per heavy atom. The molecule has 11 heteroatoms. The first-order valence-electron chi connectivity index (χ1n) is 4.88. The lowest BCUT2D eigenvalue weighted by atomic mass is 10.3. The number of rotatable bonds is 4. The van der Waals surface area contributed by atoms with Crippen LogP contribution in [0, 0.1) is 15.9 Å². The molecule has 0 bridgehead atoms. The average Bonchev–Trinajstić information content (AvgIpc) is 2.75.